The van der Waals surface area contributed by atoms with Crippen molar-refractivity contribution < 1.29 is 24.0 Å². The third-order valence-electron chi connectivity index (χ3n) is 8.17. The fourth-order valence-corrected chi connectivity index (χ4v) is 6.59. The zero-order valence-corrected chi connectivity index (χ0v) is 25.9. The summed E-state index contributed by atoms with van der Waals surface area (Å²) in [7, 11) is 0. The molecule has 0 radical (unpaired) electrons. The highest BCUT2D eigenvalue weighted by molar-refractivity contribution is 6.38. The van der Waals surface area contributed by atoms with E-state index in [0.717, 1.165) is 37.7 Å². The number of hydrogen-bond donors (Lipinski definition) is 5. The molecule has 2 fully saturated rings. The fraction of sp³-hybridized carbons (Fsp3) is 0.633. The highest BCUT2D eigenvalue weighted by atomic mass is 35.5. The summed E-state index contributed by atoms with van der Waals surface area (Å²) in [6.07, 6.45) is 6.36. The minimum atomic E-state index is -1.21. The number of hydrogen-bond acceptors (Lipinski definition) is 6. The molecule has 0 bridgehead atoms. The van der Waals surface area contributed by atoms with Crippen molar-refractivity contribution in [3.05, 3.63) is 27.7 Å². The Morgan fingerprint density at radius 1 is 0.976 bits per heavy atom. The van der Waals surface area contributed by atoms with E-state index >= 15 is 0 Å². The molecule has 12 heteroatoms. The van der Waals surface area contributed by atoms with E-state index in [9.17, 15) is 24.0 Å². The number of carbonyl (C=O) groups is 5. The smallest absolute Gasteiger partial charge is 0.290 e. The molecule has 0 aromatic heterocycles. The summed E-state index contributed by atoms with van der Waals surface area (Å²) in [4.78, 5) is 65.7. The summed E-state index contributed by atoms with van der Waals surface area (Å²) < 4.78 is 0. The van der Waals surface area contributed by atoms with Crippen molar-refractivity contribution in [1.29, 1.82) is 0 Å². The van der Waals surface area contributed by atoms with E-state index in [4.69, 9.17) is 23.2 Å². The molecule has 1 aromatic carbocycles. The molecule has 1 aromatic rings. The molecule has 230 valence electrons. The maximum Gasteiger partial charge on any atom is 0.290 e. The molecule has 1 saturated heterocycles. The van der Waals surface area contributed by atoms with Gasteiger partial charge in [0.05, 0.1) is 6.04 Å². The lowest BCUT2D eigenvalue weighted by Crippen LogP contribution is -2.57. The molecule has 4 rings (SSSR count). The summed E-state index contributed by atoms with van der Waals surface area (Å²) in [6, 6.07) is 0.536. The van der Waals surface area contributed by atoms with Gasteiger partial charge in [-0.2, -0.15) is 0 Å². The number of carbonyl (C=O) groups excluding carboxylic acids is 5. The van der Waals surface area contributed by atoms with Crippen LogP contribution >= 0.6 is 23.2 Å². The van der Waals surface area contributed by atoms with Crippen molar-refractivity contribution in [2.75, 3.05) is 11.9 Å². The summed E-state index contributed by atoms with van der Waals surface area (Å²) in [5.74, 6) is -3.07. The molecule has 4 amide bonds. The fourth-order valence-electron chi connectivity index (χ4n) is 6.02. The van der Waals surface area contributed by atoms with Gasteiger partial charge in [-0.05, 0) is 63.6 Å². The number of ketones is 1. The van der Waals surface area contributed by atoms with Crippen LogP contribution < -0.4 is 26.6 Å². The Balaban J connectivity index is 1.51. The van der Waals surface area contributed by atoms with Gasteiger partial charge in [-0.3, -0.25) is 24.0 Å². The molecule has 1 unspecified atom stereocenters. The highest BCUT2D eigenvalue weighted by Gasteiger charge is 2.38. The van der Waals surface area contributed by atoms with Crippen LogP contribution in [0.4, 0.5) is 5.69 Å². The second kappa shape index (κ2) is 13.6. The minimum absolute atomic E-state index is 0.00316. The Bertz CT molecular complexity index is 1230. The van der Waals surface area contributed by atoms with Gasteiger partial charge in [0.15, 0.2) is 0 Å². The second-order valence-electron chi connectivity index (χ2n) is 12.8. The predicted octanol–water partition coefficient (Wildman–Crippen LogP) is 3.28. The molecule has 1 aliphatic carbocycles. The first kappa shape index (κ1) is 32.1. The van der Waals surface area contributed by atoms with Gasteiger partial charge in [0.1, 0.15) is 12.1 Å². The van der Waals surface area contributed by atoms with Crippen LogP contribution in [0.25, 0.3) is 0 Å². The molecular weight excluding hydrogens is 581 g/mol. The summed E-state index contributed by atoms with van der Waals surface area (Å²) in [6.45, 7) is 5.73. The van der Waals surface area contributed by atoms with E-state index in [1.807, 2.05) is 0 Å². The zero-order chi connectivity index (χ0) is 30.6. The van der Waals surface area contributed by atoms with Gasteiger partial charge < -0.3 is 26.6 Å². The number of Topliss-reactive ketones (excluding diaryl/α,β-unsaturated/α-hetero) is 1. The SMILES string of the molecule is CC(C)(C)NC(=O)C(=O)[C@H](C[C@@H]1CCNC1=O)NC(=O)[C@H](CC1CCCCC1)NC(=O)C1Cc2c(Cl)cc(Cl)cc2N1. The van der Waals surface area contributed by atoms with Crippen molar-refractivity contribution in [3.63, 3.8) is 0 Å². The van der Waals surface area contributed by atoms with Crippen LogP contribution in [-0.2, 0) is 30.4 Å². The molecule has 10 nitrogen and oxygen atoms in total. The molecule has 42 heavy (non-hydrogen) atoms. The maximum atomic E-state index is 13.8. The number of halogens is 2. The van der Waals surface area contributed by atoms with E-state index in [1.54, 1.807) is 32.9 Å². The van der Waals surface area contributed by atoms with Gasteiger partial charge in [-0.25, -0.2) is 0 Å². The van der Waals surface area contributed by atoms with Crippen molar-refractivity contribution in [2.24, 2.45) is 11.8 Å². The molecule has 1 saturated carbocycles. The van der Waals surface area contributed by atoms with Crippen LogP contribution in [0.3, 0.4) is 0 Å². The van der Waals surface area contributed by atoms with Gasteiger partial charge in [0.2, 0.25) is 23.5 Å². The first-order valence-corrected chi connectivity index (χ1v) is 15.6. The Kier molecular flexibility index (Phi) is 10.4. The molecule has 4 atom stereocenters. The molecule has 2 heterocycles. The number of benzene rings is 1. The zero-order valence-electron chi connectivity index (χ0n) is 24.4. The van der Waals surface area contributed by atoms with Crippen molar-refractivity contribution >= 4 is 58.3 Å². The first-order chi connectivity index (χ1) is 19.8. The van der Waals surface area contributed by atoms with Gasteiger partial charge in [0.25, 0.3) is 5.91 Å². The summed E-state index contributed by atoms with van der Waals surface area (Å²) in [5.41, 5.74) is 0.786. The Hall–Kier alpha value is -2.85. The summed E-state index contributed by atoms with van der Waals surface area (Å²) in [5, 5.41) is 15.1. The lowest BCUT2D eigenvalue weighted by Gasteiger charge is -2.29. The van der Waals surface area contributed by atoms with E-state index in [2.05, 4.69) is 26.6 Å². The molecular formula is C30H41Cl2N5O5. The molecule has 3 aliphatic rings. The Labute approximate surface area is 256 Å². The quantitative estimate of drug-likeness (QED) is 0.253. The lowest BCUT2D eigenvalue weighted by molar-refractivity contribution is -0.142. The molecule has 0 spiro atoms. The van der Waals surface area contributed by atoms with Gasteiger partial charge in [-0.15, -0.1) is 0 Å². The summed E-state index contributed by atoms with van der Waals surface area (Å²) >= 11 is 12.5. The van der Waals surface area contributed by atoms with Crippen LogP contribution in [0.2, 0.25) is 10.0 Å². The van der Waals surface area contributed by atoms with E-state index in [1.165, 1.54) is 0 Å². The maximum absolute atomic E-state index is 13.8. The van der Waals surface area contributed by atoms with Crippen LogP contribution in [0.15, 0.2) is 12.1 Å². The normalized spacial score (nSPS) is 21.9. The first-order valence-electron chi connectivity index (χ1n) is 14.8. The third kappa shape index (κ3) is 8.37. The van der Waals surface area contributed by atoms with E-state index in [0.29, 0.717) is 41.5 Å². The van der Waals surface area contributed by atoms with Crippen LogP contribution in [-0.4, -0.2) is 59.6 Å². The monoisotopic (exact) mass is 621 g/mol. The average Bonchev–Trinajstić information content (AvgIpc) is 3.53. The van der Waals surface area contributed by atoms with Crippen LogP contribution in [0.1, 0.15) is 77.7 Å². The average molecular weight is 623 g/mol. The number of rotatable bonds is 10. The van der Waals surface area contributed by atoms with Crippen molar-refractivity contribution in [2.45, 2.75) is 102 Å². The van der Waals surface area contributed by atoms with Crippen LogP contribution in [0, 0.1) is 11.8 Å². The minimum Gasteiger partial charge on any atom is -0.373 e. The van der Waals surface area contributed by atoms with Gasteiger partial charge in [-0.1, -0.05) is 55.3 Å². The Morgan fingerprint density at radius 3 is 2.33 bits per heavy atom. The van der Waals surface area contributed by atoms with Crippen molar-refractivity contribution in [1.82, 2.24) is 21.3 Å². The lowest BCUT2D eigenvalue weighted by atomic mass is 9.84. The molecule has 5 N–H and O–H groups in total. The standard InChI is InChI=1S/C30H41Cl2N5O5/c1-30(2,3)37-29(42)25(38)22(12-17-9-10-33-26(17)39)35-27(40)23(11-16-7-5-4-6-8-16)36-28(41)24-15-19-20(32)13-18(31)14-21(19)34-24/h13-14,16-17,22-24,34H,4-12,15H2,1-3H3,(H,33,39)(H,35,40)(H,36,41)(H,37,42)/t17-,22-,23-,24?/m0/s1. The highest BCUT2D eigenvalue weighted by Crippen LogP contribution is 2.35. The third-order valence-corrected chi connectivity index (χ3v) is 8.73. The second-order valence-corrected chi connectivity index (χ2v) is 13.6. The number of anilines is 1. The number of amides is 4. The van der Waals surface area contributed by atoms with Gasteiger partial charge >= 0.3 is 0 Å². The number of nitrogens with one attached hydrogen (secondary N) is 5. The van der Waals surface area contributed by atoms with Gasteiger partial charge in [0, 0.05) is 40.2 Å². The molecule has 2 aliphatic heterocycles. The number of fused-ring (bicyclic) bond motifs is 1. The predicted molar refractivity (Wildman–Crippen MR) is 161 cm³/mol. The van der Waals surface area contributed by atoms with E-state index < -0.39 is 47.2 Å². The Morgan fingerprint density at radius 2 is 1.69 bits per heavy atom. The van der Waals surface area contributed by atoms with Crippen molar-refractivity contribution in [3.8, 4) is 0 Å². The largest absolute Gasteiger partial charge is 0.373 e. The van der Waals surface area contributed by atoms with Crippen LogP contribution in [0.5, 0.6) is 0 Å². The van der Waals surface area contributed by atoms with E-state index in [-0.39, 0.29) is 24.2 Å². The topological polar surface area (TPSA) is 146 Å².